The number of nitrogens with two attached hydrogens (primary N) is 1. The van der Waals surface area contributed by atoms with Crippen LogP contribution in [-0.4, -0.2) is 20.0 Å². The predicted octanol–water partition coefficient (Wildman–Crippen LogP) is 3.17. The molecule has 0 saturated carbocycles. The summed E-state index contributed by atoms with van der Waals surface area (Å²) in [6, 6.07) is 9.78. The Labute approximate surface area is 122 Å². The van der Waals surface area contributed by atoms with Gasteiger partial charge in [0, 0.05) is 11.1 Å². The Balaban J connectivity index is 2.41. The van der Waals surface area contributed by atoms with E-state index in [1.54, 1.807) is 36.4 Å². The Bertz CT molecular complexity index is 656. The molecule has 0 fully saturated rings. The Morgan fingerprint density at radius 3 is 2.45 bits per heavy atom. The van der Waals surface area contributed by atoms with E-state index in [2.05, 4.69) is 0 Å². The van der Waals surface area contributed by atoms with E-state index in [1.165, 1.54) is 14.2 Å². The van der Waals surface area contributed by atoms with Gasteiger partial charge in [0.25, 0.3) is 0 Å². The van der Waals surface area contributed by atoms with Crippen molar-refractivity contribution in [2.24, 2.45) is 0 Å². The number of nitrogen functional groups attached to an aromatic ring is 1. The molecule has 0 heterocycles. The number of hydrogen-bond donors (Lipinski definition) is 1. The van der Waals surface area contributed by atoms with Crippen LogP contribution >= 0.6 is 11.6 Å². The highest BCUT2D eigenvalue weighted by molar-refractivity contribution is 6.35. The second-order valence-corrected chi connectivity index (χ2v) is 4.54. The van der Waals surface area contributed by atoms with E-state index in [9.17, 15) is 4.79 Å². The van der Waals surface area contributed by atoms with Gasteiger partial charge in [-0.05, 0) is 36.4 Å². The molecule has 0 aliphatic carbocycles. The van der Waals surface area contributed by atoms with E-state index in [1.807, 2.05) is 0 Å². The van der Waals surface area contributed by atoms with Crippen LogP contribution in [0.25, 0.3) is 0 Å². The third-order valence-corrected chi connectivity index (χ3v) is 3.23. The van der Waals surface area contributed by atoms with E-state index in [-0.39, 0.29) is 5.78 Å². The van der Waals surface area contributed by atoms with Crippen molar-refractivity contribution in [2.75, 3.05) is 20.0 Å². The minimum atomic E-state index is -0.198. The molecule has 0 amide bonds. The fourth-order valence-corrected chi connectivity index (χ4v) is 2.07. The summed E-state index contributed by atoms with van der Waals surface area (Å²) in [6.07, 6.45) is 0. The highest BCUT2D eigenvalue weighted by Crippen LogP contribution is 2.27. The zero-order valence-electron chi connectivity index (χ0n) is 11.1. The third-order valence-electron chi connectivity index (χ3n) is 2.92. The molecular weight excluding hydrogens is 278 g/mol. The third kappa shape index (κ3) is 2.70. The summed E-state index contributed by atoms with van der Waals surface area (Å²) in [5, 5.41) is 0.338. The number of anilines is 1. The van der Waals surface area contributed by atoms with Gasteiger partial charge >= 0.3 is 0 Å². The number of hydrogen-bond acceptors (Lipinski definition) is 4. The van der Waals surface area contributed by atoms with Crippen LogP contribution in [0.3, 0.4) is 0 Å². The summed E-state index contributed by atoms with van der Waals surface area (Å²) in [7, 11) is 3.04. The second kappa shape index (κ2) is 5.84. The van der Waals surface area contributed by atoms with E-state index in [0.29, 0.717) is 33.3 Å². The van der Waals surface area contributed by atoms with Crippen molar-refractivity contribution in [2.45, 2.75) is 0 Å². The molecule has 104 valence electrons. The van der Waals surface area contributed by atoms with Gasteiger partial charge in [0.15, 0.2) is 5.78 Å². The van der Waals surface area contributed by atoms with Gasteiger partial charge in [-0.25, -0.2) is 0 Å². The molecular formula is C15H14ClNO3. The maximum Gasteiger partial charge on any atom is 0.194 e. The molecule has 0 saturated heterocycles. The quantitative estimate of drug-likeness (QED) is 0.694. The van der Waals surface area contributed by atoms with Gasteiger partial charge in [0.2, 0.25) is 0 Å². The summed E-state index contributed by atoms with van der Waals surface area (Å²) >= 11 is 6.10. The lowest BCUT2D eigenvalue weighted by Crippen LogP contribution is -2.04. The molecule has 0 unspecified atom stereocenters. The first-order valence-electron chi connectivity index (χ1n) is 5.88. The maximum absolute atomic E-state index is 12.4. The van der Waals surface area contributed by atoms with Crippen LogP contribution in [0.2, 0.25) is 5.02 Å². The first-order chi connectivity index (χ1) is 9.56. The number of halogens is 1. The fourth-order valence-electron chi connectivity index (χ4n) is 1.81. The number of ether oxygens (including phenoxy) is 2. The zero-order chi connectivity index (χ0) is 14.7. The van der Waals surface area contributed by atoms with Crippen LogP contribution in [-0.2, 0) is 0 Å². The monoisotopic (exact) mass is 291 g/mol. The molecule has 20 heavy (non-hydrogen) atoms. The van der Waals surface area contributed by atoms with Crippen molar-refractivity contribution in [1.29, 1.82) is 0 Å². The van der Waals surface area contributed by atoms with Crippen LogP contribution < -0.4 is 15.2 Å². The van der Waals surface area contributed by atoms with Crippen molar-refractivity contribution in [3.63, 3.8) is 0 Å². The highest BCUT2D eigenvalue weighted by Gasteiger charge is 2.15. The average molecular weight is 292 g/mol. The minimum Gasteiger partial charge on any atom is -0.497 e. The van der Waals surface area contributed by atoms with E-state index >= 15 is 0 Å². The van der Waals surface area contributed by atoms with Crippen LogP contribution in [0.5, 0.6) is 11.5 Å². The Kier molecular flexibility index (Phi) is 4.15. The number of ketones is 1. The van der Waals surface area contributed by atoms with Gasteiger partial charge in [-0.15, -0.1) is 0 Å². The number of benzene rings is 2. The molecule has 5 heteroatoms. The van der Waals surface area contributed by atoms with Crippen molar-refractivity contribution in [3.05, 3.63) is 52.5 Å². The molecule has 0 aliphatic heterocycles. The number of rotatable bonds is 4. The standard InChI is InChI=1S/C15H14ClNO3/c1-19-10-4-5-11(12(16)8-10)15(18)9-3-6-13(17)14(7-9)20-2/h3-8H,17H2,1-2H3. The first-order valence-corrected chi connectivity index (χ1v) is 6.26. The van der Waals surface area contributed by atoms with Crippen LogP contribution in [0.4, 0.5) is 5.69 Å². The molecule has 2 aromatic rings. The zero-order valence-corrected chi connectivity index (χ0v) is 11.9. The maximum atomic E-state index is 12.4. The molecule has 0 atom stereocenters. The van der Waals surface area contributed by atoms with Gasteiger partial charge in [-0.3, -0.25) is 4.79 Å². The lowest BCUT2D eigenvalue weighted by atomic mass is 10.0. The number of methoxy groups -OCH3 is 2. The normalized spacial score (nSPS) is 10.2. The van der Waals surface area contributed by atoms with Gasteiger partial charge in [0.05, 0.1) is 24.9 Å². The van der Waals surface area contributed by atoms with Gasteiger partial charge in [0.1, 0.15) is 11.5 Å². The highest BCUT2D eigenvalue weighted by atomic mass is 35.5. The van der Waals surface area contributed by atoms with Crippen molar-refractivity contribution < 1.29 is 14.3 Å². The Hall–Kier alpha value is -2.20. The molecule has 0 spiro atoms. The molecule has 0 aromatic heterocycles. The summed E-state index contributed by atoms with van der Waals surface area (Å²) in [4.78, 5) is 12.4. The SMILES string of the molecule is COc1ccc(C(=O)c2ccc(N)c(OC)c2)c(Cl)c1. The summed E-state index contributed by atoms with van der Waals surface area (Å²) in [5.74, 6) is 0.859. The van der Waals surface area contributed by atoms with E-state index < -0.39 is 0 Å². The smallest absolute Gasteiger partial charge is 0.194 e. The van der Waals surface area contributed by atoms with Crippen molar-refractivity contribution in [1.82, 2.24) is 0 Å². The molecule has 0 bridgehead atoms. The summed E-state index contributed by atoms with van der Waals surface area (Å²) in [6.45, 7) is 0. The molecule has 2 rings (SSSR count). The van der Waals surface area contributed by atoms with Crippen LogP contribution in [0.15, 0.2) is 36.4 Å². The largest absolute Gasteiger partial charge is 0.497 e. The van der Waals surface area contributed by atoms with Crippen molar-refractivity contribution >= 4 is 23.1 Å². The average Bonchev–Trinajstić information content (AvgIpc) is 2.47. The van der Waals surface area contributed by atoms with Crippen LogP contribution in [0, 0.1) is 0 Å². The van der Waals surface area contributed by atoms with E-state index in [0.717, 1.165) is 0 Å². The number of carbonyl (C=O) groups is 1. The first kappa shape index (κ1) is 14.2. The summed E-state index contributed by atoms with van der Waals surface area (Å²) in [5.41, 5.74) is 7.07. The second-order valence-electron chi connectivity index (χ2n) is 4.13. The molecule has 2 aromatic carbocycles. The Morgan fingerprint density at radius 1 is 1.10 bits per heavy atom. The van der Waals surface area contributed by atoms with Gasteiger partial charge in [-0.2, -0.15) is 0 Å². The lowest BCUT2D eigenvalue weighted by molar-refractivity contribution is 0.103. The van der Waals surface area contributed by atoms with Crippen LogP contribution in [0.1, 0.15) is 15.9 Å². The lowest BCUT2D eigenvalue weighted by Gasteiger charge is -2.09. The van der Waals surface area contributed by atoms with Crippen molar-refractivity contribution in [3.8, 4) is 11.5 Å². The predicted molar refractivity (Wildman–Crippen MR) is 78.8 cm³/mol. The molecule has 0 aliphatic rings. The van der Waals surface area contributed by atoms with E-state index in [4.69, 9.17) is 26.8 Å². The number of carbonyl (C=O) groups excluding carboxylic acids is 1. The topological polar surface area (TPSA) is 61.5 Å². The van der Waals surface area contributed by atoms with Gasteiger partial charge in [-0.1, -0.05) is 11.6 Å². The summed E-state index contributed by atoms with van der Waals surface area (Å²) < 4.78 is 10.2. The molecule has 4 nitrogen and oxygen atoms in total. The fraction of sp³-hybridized carbons (Fsp3) is 0.133. The molecule has 0 radical (unpaired) electrons. The van der Waals surface area contributed by atoms with Gasteiger partial charge < -0.3 is 15.2 Å². The Morgan fingerprint density at radius 2 is 1.85 bits per heavy atom. The molecule has 2 N–H and O–H groups in total. The minimum absolute atomic E-state index is 0.198.